The van der Waals surface area contributed by atoms with Crippen molar-refractivity contribution in [3.63, 3.8) is 0 Å². The zero-order valence-corrected chi connectivity index (χ0v) is 22.2. The SMILES string of the molecule is COc1ccc2cc([C@@H](C)C3=N[C@@H]([C@H]4COC([C@H](C)c5ccc6cc(OC)ccc6c5)=N4)CO3)ccc2c1. The van der Waals surface area contributed by atoms with E-state index in [1.54, 1.807) is 14.2 Å². The standard InChI is InChI=1S/C32H32N2O4/c1-19(21-5-7-25-15-27(35-3)11-9-23(25)13-21)31-33-29(17-37-31)30-18-38-32(34-30)20(2)22-6-8-26-16-28(36-4)12-10-24(26)14-22/h5-16,19-20,29-30H,17-18H2,1-4H3/t19-,20-,29-,30-/m1/s1. The van der Waals surface area contributed by atoms with Crippen molar-refractivity contribution >= 4 is 33.3 Å². The topological polar surface area (TPSA) is 61.6 Å². The molecule has 2 aliphatic rings. The van der Waals surface area contributed by atoms with Crippen LogP contribution in [0.5, 0.6) is 11.5 Å². The molecular weight excluding hydrogens is 476 g/mol. The maximum absolute atomic E-state index is 6.09. The predicted molar refractivity (Wildman–Crippen MR) is 152 cm³/mol. The van der Waals surface area contributed by atoms with E-state index in [0.29, 0.717) is 13.2 Å². The lowest BCUT2D eigenvalue weighted by atomic mass is 9.97. The molecule has 194 valence electrons. The second-order valence-electron chi connectivity index (χ2n) is 10.1. The third-order valence-electron chi connectivity index (χ3n) is 7.72. The van der Waals surface area contributed by atoms with Crippen LogP contribution in [0, 0.1) is 0 Å². The Hall–Kier alpha value is -4.06. The van der Waals surface area contributed by atoms with Crippen molar-refractivity contribution in [2.45, 2.75) is 37.8 Å². The maximum atomic E-state index is 6.09. The Morgan fingerprint density at radius 3 is 1.42 bits per heavy atom. The molecular formula is C32H32N2O4. The van der Waals surface area contributed by atoms with Crippen LogP contribution < -0.4 is 9.47 Å². The van der Waals surface area contributed by atoms with E-state index in [1.807, 2.05) is 12.1 Å². The van der Waals surface area contributed by atoms with Gasteiger partial charge in [0.2, 0.25) is 0 Å². The molecule has 0 saturated heterocycles. The quantitative estimate of drug-likeness (QED) is 0.285. The molecule has 2 heterocycles. The van der Waals surface area contributed by atoms with Crippen molar-refractivity contribution in [1.29, 1.82) is 0 Å². The molecule has 6 rings (SSSR count). The third-order valence-corrected chi connectivity index (χ3v) is 7.72. The fourth-order valence-electron chi connectivity index (χ4n) is 5.25. The molecule has 0 saturated carbocycles. The molecule has 0 fully saturated rings. The van der Waals surface area contributed by atoms with Gasteiger partial charge in [0.05, 0.1) is 26.1 Å². The summed E-state index contributed by atoms with van der Waals surface area (Å²) in [5.41, 5.74) is 2.35. The van der Waals surface area contributed by atoms with Gasteiger partial charge < -0.3 is 18.9 Å². The number of aliphatic imine (C=N–C) groups is 2. The number of methoxy groups -OCH3 is 2. The molecule has 4 atom stereocenters. The lowest BCUT2D eigenvalue weighted by Crippen LogP contribution is -2.25. The summed E-state index contributed by atoms with van der Waals surface area (Å²) < 4.78 is 22.9. The molecule has 0 aliphatic carbocycles. The van der Waals surface area contributed by atoms with Crippen LogP contribution in [0.15, 0.2) is 82.8 Å². The van der Waals surface area contributed by atoms with Crippen LogP contribution in [-0.4, -0.2) is 51.3 Å². The largest absolute Gasteiger partial charge is 0.497 e. The zero-order chi connectivity index (χ0) is 26.2. The molecule has 0 spiro atoms. The number of hydrogen-bond donors (Lipinski definition) is 0. The van der Waals surface area contributed by atoms with Gasteiger partial charge in [-0.2, -0.15) is 0 Å². The van der Waals surface area contributed by atoms with Gasteiger partial charge in [0, 0.05) is 0 Å². The van der Waals surface area contributed by atoms with Crippen LogP contribution in [0.4, 0.5) is 0 Å². The Bertz CT molecular complexity index is 1440. The van der Waals surface area contributed by atoms with Crippen LogP contribution in [0.3, 0.4) is 0 Å². The molecule has 2 aliphatic heterocycles. The summed E-state index contributed by atoms with van der Waals surface area (Å²) in [7, 11) is 3.38. The Balaban J connectivity index is 1.16. The number of benzene rings is 4. The third kappa shape index (κ3) is 4.55. The van der Waals surface area contributed by atoms with Crippen molar-refractivity contribution in [3.05, 3.63) is 83.9 Å². The average molecular weight is 509 g/mol. The minimum atomic E-state index is -0.0362. The van der Waals surface area contributed by atoms with E-state index < -0.39 is 0 Å². The van der Waals surface area contributed by atoms with Crippen molar-refractivity contribution in [3.8, 4) is 11.5 Å². The summed E-state index contributed by atoms with van der Waals surface area (Å²) in [5, 5.41) is 4.64. The molecule has 0 unspecified atom stereocenters. The predicted octanol–water partition coefficient (Wildman–Crippen LogP) is 6.51. The first-order valence-corrected chi connectivity index (χ1v) is 13.1. The number of fused-ring (bicyclic) bond motifs is 2. The summed E-state index contributed by atoms with van der Waals surface area (Å²) in [6.45, 7) is 5.34. The highest BCUT2D eigenvalue weighted by molar-refractivity contribution is 5.90. The second kappa shape index (κ2) is 10.0. The summed E-state index contributed by atoms with van der Waals surface area (Å²) in [5.74, 6) is 3.38. The van der Waals surface area contributed by atoms with E-state index in [0.717, 1.165) is 34.1 Å². The van der Waals surface area contributed by atoms with Gasteiger partial charge >= 0.3 is 0 Å². The van der Waals surface area contributed by atoms with Gasteiger partial charge in [0.15, 0.2) is 11.8 Å². The van der Waals surface area contributed by atoms with Crippen molar-refractivity contribution in [2.75, 3.05) is 27.4 Å². The van der Waals surface area contributed by atoms with Gasteiger partial charge in [-0.15, -0.1) is 0 Å². The molecule has 0 aromatic heterocycles. The van der Waals surface area contributed by atoms with E-state index in [1.165, 1.54) is 21.9 Å². The summed E-state index contributed by atoms with van der Waals surface area (Å²) >= 11 is 0. The van der Waals surface area contributed by atoms with Gasteiger partial charge in [-0.25, -0.2) is 9.98 Å². The van der Waals surface area contributed by atoms with Crippen LogP contribution >= 0.6 is 0 Å². The van der Waals surface area contributed by atoms with E-state index in [-0.39, 0.29) is 23.9 Å². The Kier molecular flexibility index (Phi) is 6.40. The van der Waals surface area contributed by atoms with Crippen LogP contribution in [-0.2, 0) is 9.47 Å². The molecule has 38 heavy (non-hydrogen) atoms. The normalized spacial score (nSPS) is 20.4. The highest BCUT2D eigenvalue weighted by Gasteiger charge is 2.35. The lowest BCUT2D eigenvalue weighted by Gasteiger charge is -2.12. The number of ether oxygens (including phenoxy) is 4. The molecule has 0 bridgehead atoms. The molecule has 6 heteroatoms. The minimum Gasteiger partial charge on any atom is -0.497 e. The fraction of sp³-hybridized carbons (Fsp3) is 0.312. The summed E-state index contributed by atoms with van der Waals surface area (Å²) in [6.07, 6.45) is 0. The molecule has 4 aromatic rings. The smallest absolute Gasteiger partial charge is 0.191 e. The van der Waals surface area contributed by atoms with Gasteiger partial charge in [-0.1, -0.05) is 48.5 Å². The number of nitrogens with zero attached hydrogens (tertiary/aromatic N) is 2. The highest BCUT2D eigenvalue weighted by atomic mass is 16.5. The molecule has 6 nitrogen and oxygen atoms in total. The van der Waals surface area contributed by atoms with Crippen molar-refractivity contribution in [1.82, 2.24) is 0 Å². The Morgan fingerprint density at radius 2 is 1.00 bits per heavy atom. The first kappa shape index (κ1) is 24.3. The second-order valence-corrected chi connectivity index (χ2v) is 10.1. The lowest BCUT2D eigenvalue weighted by molar-refractivity contribution is 0.256. The molecule has 0 amide bonds. The number of hydrogen-bond acceptors (Lipinski definition) is 6. The van der Waals surface area contributed by atoms with Gasteiger partial charge in [0.25, 0.3) is 0 Å². The maximum Gasteiger partial charge on any atom is 0.191 e. The fourth-order valence-corrected chi connectivity index (χ4v) is 5.25. The van der Waals surface area contributed by atoms with Crippen LogP contribution in [0.2, 0.25) is 0 Å². The van der Waals surface area contributed by atoms with Crippen molar-refractivity contribution < 1.29 is 18.9 Å². The van der Waals surface area contributed by atoms with Crippen LogP contribution in [0.25, 0.3) is 21.5 Å². The Morgan fingerprint density at radius 1 is 0.605 bits per heavy atom. The van der Waals surface area contributed by atoms with E-state index in [9.17, 15) is 0 Å². The molecule has 0 radical (unpaired) electrons. The number of rotatable bonds is 7. The zero-order valence-electron chi connectivity index (χ0n) is 22.2. The Labute approximate surface area is 222 Å². The van der Waals surface area contributed by atoms with E-state index >= 15 is 0 Å². The van der Waals surface area contributed by atoms with Gasteiger partial charge in [0.1, 0.15) is 36.8 Å². The van der Waals surface area contributed by atoms with Gasteiger partial charge in [-0.05, 0) is 70.8 Å². The monoisotopic (exact) mass is 508 g/mol. The highest BCUT2D eigenvalue weighted by Crippen LogP contribution is 2.31. The molecule has 0 N–H and O–H groups in total. The summed E-state index contributed by atoms with van der Waals surface area (Å²) in [4.78, 5) is 9.91. The van der Waals surface area contributed by atoms with Crippen LogP contribution in [0.1, 0.15) is 36.8 Å². The van der Waals surface area contributed by atoms with Crippen molar-refractivity contribution in [2.24, 2.45) is 9.98 Å². The van der Waals surface area contributed by atoms with E-state index in [2.05, 4.69) is 74.5 Å². The minimum absolute atomic E-state index is 0.0362. The first-order valence-electron chi connectivity index (χ1n) is 13.1. The first-order chi connectivity index (χ1) is 18.5. The van der Waals surface area contributed by atoms with Gasteiger partial charge in [-0.3, -0.25) is 0 Å². The molecule has 4 aromatic carbocycles. The average Bonchev–Trinajstić information content (AvgIpc) is 3.66. The summed E-state index contributed by atoms with van der Waals surface area (Å²) in [6, 6.07) is 25.1. The van der Waals surface area contributed by atoms with E-state index in [4.69, 9.17) is 28.9 Å².